The molecule has 1 amide bonds. The fraction of sp³-hybridized carbons (Fsp3) is 0.375. The third-order valence-electron chi connectivity index (χ3n) is 4.01. The van der Waals surface area contributed by atoms with Crippen molar-refractivity contribution in [1.29, 1.82) is 0 Å². The van der Waals surface area contributed by atoms with Gasteiger partial charge in [0.1, 0.15) is 0 Å². The van der Waals surface area contributed by atoms with Crippen LogP contribution in [-0.2, 0) is 17.7 Å². The van der Waals surface area contributed by atoms with Crippen LogP contribution in [0.15, 0.2) is 18.2 Å². The summed E-state index contributed by atoms with van der Waals surface area (Å²) >= 11 is 0. The molecule has 0 bridgehead atoms. The van der Waals surface area contributed by atoms with Crippen LogP contribution in [-0.4, -0.2) is 36.4 Å². The van der Waals surface area contributed by atoms with Crippen LogP contribution in [0.25, 0.3) is 0 Å². The van der Waals surface area contributed by atoms with Gasteiger partial charge in [-0.1, -0.05) is 6.07 Å². The highest BCUT2D eigenvalue weighted by molar-refractivity contribution is 5.94. The van der Waals surface area contributed by atoms with Gasteiger partial charge >= 0.3 is 0 Å². The van der Waals surface area contributed by atoms with Gasteiger partial charge in [-0.2, -0.15) is 5.10 Å². The van der Waals surface area contributed by atoms with Crippen molar-refractivity contribution in [2.75, 3.05) is 20.3 Å². The Hall–Kier alpha value is -2.03. The van der Waals surface area contributed by atoms with E-state index in [1.807, 2.05) is 0 Å². The summed E-state index contributed by atoms with van der Waals surface area (Å²) in [7, 11) is 1.47. The number of hydrogen-bond acceptors (Lipinski definition) is 4. The summed E-state index contributed by atoms with van der Waals surface area (Å²) in [5.74, 6) is -2.29. The zero-order valence-corrected chi connectivity index (χ0v) is 14.4. The van der Waals surface area contributed by atoms with Crippen molar-refractivity contribution in [3.63, 3.8) is 0 Å². The molecule has 0 radical (unpaired) electrons. The van der Waals surface area contributed by atoms with Crippen molar-refractivity contribution in [2.45, 2.75) is 19.0 Å². The maximum absolute atomic E-state index is 13.5. The number of aromatic amines is 1. The molecule has 0 aliphatic carbocycles. The second-order valence-electron chi connectivity index (χ2n) is 5.61. The number of amides is 1. The Morgan fingerprint density at radius 2 is 2.20 bits per heavy atom. The molecule has 1 unspecified atom stereocenters. The average molecular weight is 373 g/mol. The number of nitrogens with zero attached hydrogens (tertiary/aromatic N) is 1. The Labute approximate surface area is 149 Å². The van der Waals surface area contributed by atoms with E-state index in [4.69, 9.17) is 4.74 Å². The molecular formula is C16H19ClF2N4O2. The van der Waals surface area contributed by atoms with Crippen LogP contribution in [0.1, 0.15) is 33.4 Å². The fourth-order valence-electron chi connectivity index (χ4n) is 2.76. The zero-order valence-electron chi connectivity index (χ0n) is 13.6. The molecule has 136 valence electrons. The molecule has 3 rings (SSSR count). The zero-order chi connectivity index (χ0) is 17.1. The van der Waals surface area contributed by atoms with Gasteiger partial charge in [-0.3, -0.25) is 9.89 Å². The molecule has 2 heterocycles. The monoisotopic (exact) mass is 372 g/mol. The molecule has 6 nitrogen and oxygen atoms in total. The Morgan fingerprint density at radius 3 is 2.92 bits per heavy atom. The first-order chi connectivity index (χ1) is 11.6. The SMILES string of the molecule is COCC(NC(=O)c1n[nH]c2c1CNCC2)c1ccc(F)c(F)c1.Cl. The number of carbonyl (C=O) groups excluding carboxylic acids is 1. The highest BCUT2D eigenvalue weighted by Crippen LogP contribution is 2.19. The summed E-state index contributed by atoms with van der Waals surface area (Å²) < 4.78 is 31.7. The standard InChI is InChI=1S/C16H18F2N4O2.ClH/c1-24-8-14(9-2-3-11(17)12(18)6-9)20-16(23)15-10-7-19-5-4-13(10)21-22-15;/h2-3,6,14,19H,4-5,7-8H2,1H3,(H,20,23)(H,21,22);1H. The van der Waals surface area contributed by atoms with Crippen LogP contribution < -0.4 is 10.6 Å². The molecule has 3 N–H and O–H groups in total. The van der Waals surface area contributed by atoms with Gasteiger partial charge < -0.3 is 15.4 Å². The molecule has 0 spiro atoms. The minimum Gasteiger partial charge on any atom is -0.382 e. The number of benzene rings is 1. The topological polar surface area (TPSA) is 79.0 Å². The lowest BCUT2D eigenvalue weighted by molar-refractivity contribution is 0.0890. The molecule has 1 aromatic carbocycles. The van der Waals surface area contributed by atoms with Gasteiger partial charge in [0.15, 0.2) is 17.3 Å². The van der Waals surface area contributed by atoms with Gasteiger partial charge in [-0.15, -0.1) is 12.4 Å². The third kappa shape index (κ3) is 4.15. The van der Waals surface area contributed by atoms with Gasteiger partial charge in [0.25, 0.3) is 5.91 Å². The molecule has 0 fully saturated rings. The molecule has 1 aliphatic rings. The number of halogens is 3. The summed E-state index contributed by atoms with van der Waals surface area (Å²) in [6.45, 7) is 1.52. The van der Waals surface area contributed by atoms with Crippen molar-refractivity contribution in [2.24, 2.45) is 0 Å². The normalized spacial score (nSPS) is 14.4. The smallest absolute Gasteiger partial charge is 0.272 e. The highest BCUT2D eigenvalue weighted by Gasteiger charge is 2.24. The number of methoxy groups -OCH3 is 1. The van der Waals surface area contributed by atoms with Gasteiger partial charge in [0, 0.05) is 37.9 Å². The predicted molar refractivity (Wildman–Crippen MR) is 89.7 cm³/mol. The van der Waals surface area contributed by atoms with Gasteiger partial charge in [0.2, 0.25) is 0 Å². The largest absolute Gasteiger partial charge is 0.382 e. The van der Waals surface area contributed by atoms with Crippen LogP contribution in [0.5, 0.6) is 0 Å². The van der Waals surface area contributed by atoms with E-state index in [0.717, 1.165) is 36.4 Å². The van der Waals surface area contributed by atoms with E-state index in [1.54, 1.807) is 0 Å². The van der Waals surface area contributed by atoms with Crippen molar-refractivity contribution in [1.82, 2.24) is 20.8 Å². The average Bonchev–Trinajstić information content (AvgIpc) is 3.01. The van der Waals surface area contributed by atoms with Crippen LogP contribution in [0.2, 0.25) is 0 Å². The number of fused-ring (bicyclic) bond motifs is 1. The highest BCUT2D eigenvalue weighted by atomic mass is 35.5. The van der Waals surface area contributed by atoms with E-state index >= 15 is 0 Å². The minimum atomic E-state index is -0.968. The lowest BCUT2D eigenvalue weighted by Crippen LogP contribution is -2.33. The molecule has 1 aliphatic heterocycles. The fourth-order valence-corrected chi connectivity index (χ4v) is 2.76. The number of carbonyl (C=O) groups is 1. The number of H-pyrrole nitrogens is 1. The molecule has 0 saturated carbocycles. The molecule has 9 heteroatoms. The van der Waals surface area contributed by atoms with Crippen LogP contribution in [0.4, 0.5) is 8.78 Å². The second-order valence-corrected chi connectivity index (χ2v) is 5.61. The maximum atomic E-state index is 13.5. The van der Waals surface area contributed by atoms with Crippen molar-refractivity contribution >= 4 is 18.3 Å². The third-order valence-corrected chi connectivity index (χ3v) is 4.01. The number of nitrogens with one attached hydrogen (secondary N) is 3. The van der Waals surface area contributed by atoms with E-state index in [2.05, 4.69) is 20.8 Å². The summed E-state index contributed by atoms with van der Waals surface area (Å²) in [4.78, 5) is 12.5. The molecule has 1 atom stereocenters. The van der Waals surface area contributed by atoms with Crippen molar-refractivity contribution in [3.8, 4) is 0 Å². The molecule has 1 aromatic heterocycles. The van der Waals surface area contributed by atoms with Crippen molar-refractivity contribution in [3.05, 3.63) is 52.3 Å². The quantitative estimate of drug-likeness (QED) is 0.748. The Morgan fingerprint density at radius 1 is 1.40 bits per heavy atom. The van der Waals surface area contributed by atoms with Gasteiger partial charge in [-0.05, 0) is 17.7 Å². The summed E-state index contributed by atoms with van der Waals surface area (Å²) in [5.41, 5.74) is 2.50. The van der Waals surface area contributed by atoms with Crippen LogP contribution >= 0.6 is 12.4 Å². The van der Waals surface area contributed by atoms with Gasteiger partial charge in [-0.25, -0.2) is 8.78 Å². The summed E-state index contributed by atoms with van der Waals surface area (Å²) in [6, 6.07) is 2.89. The molecule has 0 saturated heterocycles. The van der Waals surface area contributed by atoms with Crippen molar-refractivity contribution < 1.29 is 18.3 Å². The van der Waals surface area contributed by atoms with Crippen LogP contribution in [0, 0.1) is 11.6 Å². The first-order valence-corrected chi connectivity index (χ1v) is 7.61. The van der Waals surface area contributed by atoms with E-state index in [1.165, 1.54) is 13.2 Å². The lowest BCUT2D eigenvalue weighted by Gasteiger charge is -2.19. The van der Waals surface area contributed by atoms with E-state index in [0.29, 0.717) is 17.8 Å². The van der Waals surface area contributed by atoms with Gasteiger partial charge in [0.05, 0.1) is 12.6 Å². The Kier molecular flexibility index (Phi) is 6.46. The van der Waals surface area contributed by atoms with Crippen LogP contribution in [0.3, 0.4) is 0 Å². The van der Waals surface area contributed by atoms with E-state index in [9.17, 15) is 13.6 Å². The summed E-state index contributed by atoms with van der Waals surface area (Å²) in [5, 5.41) is 12.9. The Bertz CT molecular complexity index is 754. The van der Waals surface area contributed by atoms with E-state index in [-0.39, 0.29) is 24.9 Å². The second kappa shape index (κ2) is 8.37. The molecule has 25 heavy (non-hydrogen) atoms. The molecule has 2 aromatic rings. The lowest BCUT2D eigenvalue weighted by atomic mass is 10.0. The first-order valence-electron chi connectivity index (χ1n) is 7.61. The number of rotatable bonds is 5. The predicted octanol–water partition coefficient (Wildman–Crippen LogP) is 1.87. The summed E-state index contributed by atoms with van der Waals surface area (Å²) in [6.07, 6.45) is 0.778. The number of aromatic nitrogens is 2. The maximum Gasteiger partial charge on any atom is 0.272 e. The first kappa shape index (κ1) is 19.3. The minimum absolute atomic E-state index is 0. The van der Waals surface area contributed by atoms with E-state index < -0.39 is 17.7 Å². The Balaban J connectivity index is 0.00000225. The molecular weight excluding hydrogens is 354 g/mol. The number of hydrogen-bond donors (Lipinski definition) is 3. The number of ether oxygens (including phenoxy) is 1.